The highest BCUT2D eigenvalue weighted by Crippen LogP contribution is 2.08. The number of hydrogen-bond acceptors (Lipinski definition) is 4. The molecule has 0 fully saturated rings. The maximum atomic E-state index is 12.6. The van der Waals surface area contributed by atoms with E-state index in [-0.39, 0.29) is 5.91 Å². The van der Waals surface area contributed by atoms with Crippen molar-refractivity contribution in [2.45, 2.75) is 19.0 Å². The summed E-state index contributed by atoms with van der Waals surface area (Å²) in [4.78, 5) is 24.6. The normalized spacial score (nSPS) is 11.6. The van der Waals surface area contributed by atoms with Crippen LogP contribution in [0, 0.1) is 0 Å². The largest absolute Gasteiger partial charge is 0.467 e. The Morgan fingerprint density at radius 2 is 1.67 bits per heavy atom. The first-order valence-corrected chi connectivity index (χ1v) is 8.64. The van der Waals surface area contributed by atoms with E-state index < -0.39 is 12.0 Å². The van der Waals surface area contributed by atoms with Gasteiger partial charge < -0.3 is 10.1 Å². The molecule has 0 spiro atoms. The summed E-state index contributed by atoms with van der Waals surface area (Å²) >= 11 is 0. The van der Waals surface area contributed by atoms with Crippen LogP contribution in [0.25, 0.3) is 0 Å². The third-order valence-corrected chi connectivity index (χ3v) is 4.16. The lowest BCUT2D eigenvalue weighted by molar-refractivity contribution is -0.142. The van der Waals surface area contributed by atoms with E-state index in [0.29, 0.717) is 18.5 Å². The number of nitrogens with zero attached hydrogens (tertiary/aromatic N) is 2. The van der Waals surface area contributed by atoms with Crippen molar-refractivity contribution in [3.8, 4) is 0 Å². The van der Waals surface area contributed by atoms with E-state index in [9.17, 15) is 9.59 Å². The minimum Gasteiger partial charge on any atom is -0.467 e. The minimum atomic E-state index is -0.762. The van der Waals surface area contributed by atoms with Crippen molar-refractivity contribution in [3.63, 3.8) is 0 Å². The average molecular weight is 363 g/mol. The molecule has 1 aromatic heterocycles. The van der Waals surface area contributed by atoms with Gasteiger partial charge in [0.05, 0.1) is 25.4 Å². The van der Waals surface area contributed by atoms with Gasteiger partial charge in [-0.25, -0.2) is 4.79 Å². The molecule has 1 heterocycles. The van der Waals surface area contributed by atoms with Crippen LogP contribution in [-0.4, -0.2) is 34.8 Å². The fourth-order valence-electron chi connectivity index (χ4n) is 2.76. The van der Waals surface area contributed by atoms with Gasteiger partial charge in [-0.3, -0.25) is 9.48 Å². The number of amides is 1. The Hall–Kier alpha value is -3.41. The van der Waals surface area contributed by atoms with Crippen LogP contribution < -0.4 is 5.32 Å². The molecule has 0 unspecified atom stereocenters. The molecule has 0 saturated carbocycles. The van der Waals surface area contributed by atoms with Crippen molar-refractivity contribution in [2.75, 3.05) is 7.11 Å². The van der Waals surface area contributed by atoms with Crippen LogP contribution >= 0.6 is 0 Å². The third kappa shape index (κ3) is 5.04. The number of benzene rings is 2. The van der Waals surface area contributed by atoms with Crippen LogP contribution in [0.3, 0.4) is 0 Å². The highest BCUT2D eigenvalue weighted by Gasteiger charge is 2.23. The van der Waals surface area contributed by atoms with Crippen LogP contribution in [0.2, 0.25) is 0 Å². The number of ether oxygens (including phenoxy) is 1. The number of carbonyl (C=O) groups excluding carboxylic acids is 2. The minimum absolute atomic E-state index is 0.359. The molecule has 1 atom stereocenters. The van der Waals surface area contributed by atoms with Crippen LogP contribution in [0.5, 0.6) is 0 Å². The van der Waals surface area contributed by atoms with Gasteiger partial charge in [-0.05, 0) is 11.1 Å². The van der Waals surface area contributed by atoms with E-state index in [1.54, 1.807) is 10.9 Å². The highest BCUT2D eigenvalue weighted by molar-refractivity contribution is 5.96. The molecule has 0 saturated heterocycles. The van der Waals surface area contributed by atoms with E-state index in [0.717, 1.165) is 11.1 Å². The number of hydrogen-bond donors (Lipinski definition) is 1. The Morgan fingerprint density at radius 3 is 2.30 bits per heavy atom. The van der Waals surface area contributed by atoms with Crippen molar-refractivity contribution < 1.29 is 14.3 Å². The molecule has 6 nitrogen and oxygen atoms in total. The van der Waals surface area contributed by atoms with Gasteiger partial charge in [0.2, 0.25) is 0 Å². The van der Waals surface area contributed by atoms with Gasteiger partial charge in [0.1, 0.15) is 6.04 Å². The highest BCUT2D eigenvalue weighted by atomic mass is 16.5. The lowest BCUT2D eigenvalue weighted by Gasteiger charge is -2.16. The molecule has 0 aliphatic heterocycles. The Balaban J connectivity index is 1.67. The number of methoxy groups -OCH3 is 1. The zero-order valence-electron chi connectivity index (χ0n) is 15.0. The second-order valence-electron chi connectivity index (χ2n) is 6.15. The van der Waals surface area contributed by atoms with Gasteiger partial charge in [-0.1, -0.05) is 60.7 Å². The Bertz CT molecular complexity index is 891. The summed E-state index contributed by atoms with van der Waals surface area (Å²) in [6.07, 6.45) is 3.52. The second-order valence-corrected chi connectivity index (χ2v) is 6.15. The van der Waals surface area contributed by atoms with Gasteiger partial charge in [0, 0.05) is 12.6 Å². The molecule has 0 radical (unpaired) electrons. The quantitative estimate of drug-likeness (QED) is 0.655. The molecule has 1 amide bonds. The zero-order chi connectivity index (χ0) is 19.1. The molecular weight excluding hydrogens is 342 g/mol. The molecular formula is C21H21N3O3. The van der Waals surface area contributed by atoms with Gasteiger partial charge in [0.15, 0.2) is 0 Å². The Morgan fingerprint density at radius 1 is 1.04 bits per heavy atom. The molecule has 3 aromatic rings. The lowest BCUT2D eigenvalue weighted by atomic mass is 10.1. The van der Waals surface area contributed by atoms with Crippen molar-refractivity contribution in [2.24, 2.45) is 0 Å². The van der Waals surface area contributed by atoms with E-state index in [2.05, 4.69) is 10.4 Å². The van der Waals surface area contributed by atoms with E-state index in [4.69, 9.17) is 4.74 Å². The van der Waals surface area contributed by atoms with Crippen LogP contribution in [-0.2, 0) is 22.5 Å². The summed E-state index contributed by atoms with van der Waals surface area (Å²) < 4.78 is 6.52. The predicted molar refractivity (Wildman–Crippen MR) is 101 cm³/mol. The van der Waals surface area contributed by atoms with E-state index in [1.807, 2.05) is 60.7 Å². The van der Waals surface area contributed by atoms with Crippen molar-refractivity contribution in [1.29, 1.82) is 0 Å². The van der Waals surface area contributed by atoms with Crippen molar-refractivity contribution in [1.82, 2.24) is 15.1 Å². The van der Waals surface area contributed by atoms with Crippen molar-refractivity contribution in [3.05, 3.63) is 89.7 Å². The molecule has 0 bridgehead atoms. The first kappa shape index (κ1) is 18.4. The van der Waals surface area contributed by atoms with Gasteiger partial charge in [-0.2, -0.15) is 5.10 Å². The average Bonchev–Trinajstić information content (AvgIpc) is 3.17. The zero-order valence-corrected chi connectivity index (χ0v) is 15.0. The molecule has 1 N–H and O–H groups in total. The molecule has 0 aliphatic rings. The monoisotopic (exact) mass is 363 g/mol. The number of rotatable bonds is 7. The van der Waals surface area contributed by atoms with Gasteiger partial charge in [-0.15, -0.1) is 0 Å². The molecule has 3 rings (SSSR count). The first-order chi connectivity index (χ1) is 13.2. The molecule has 0 aliphatic carbocycles. The fourth-order valence-corrected chi connectivity index (χ4v) is 2.76. The van der Waals surface area contributed by atoms with Crippen molar-refractivity contribution >= 4 is 11.9 Å². The topological polar surface area (TPSA) is 73.2 Å². The summed E-state index contributed by atoms with van der Waals surface area (Å²) in [6.45, 7) is 0.568. The molecule has 2 aromatic carbocycles. The molecule has 6 heteroatoms. The lowest BCUT2D eigenvalue weighted by Crippen LogP contribution is -2.43. The number of aromatic nitrogens is 2. The molecule has 27 heavy (non-hydrogen) atoms. The summed E-state index contributed by atoms with van der Waals surface area (Å²) in [7, 11) is 1.31. The Kier molecular flexibility index (Phi) is 5.99. The SMILES string of the molecule is COC(=O)[C@H](Cc1ccccc1)NC(=O)c1cnn(Cc2ccccc2)c1. The second kappa shape index (κ2) is 8.80. The van der Waals surface area contributed by atoms with E-state index >= 15 is 0 Å². The predicted octanol–water partition coefficient (Wildman–Crippen LogP) is 2.45. The van der Waals surface area contributed by atoms with Crippen LogP contribution in [0.4, 0.5) is 0 Å². The standard InChI is InChI=1S/C21H21N3O3/c1-27-21(26)19(12-16-8-4-2-5-9-16)23-20(25)18-13-22-24(15-18)14-17-10-6-3-7-11-17/h2-11,13,15,19H,12,14H2,1H3,(H,23,25)/t19-/m0/s1. The summed E-state index contributed by atoms with van der Waals surface area (Å²) in [5.41, 5.74) is 2.42. The number of nitrogens with one attached hydrogen (secondary N) is 1. The summed E-state index contributed by atoms with van der Waals surface area (Å²) in [6, 6.07) is 18.6. The van der Waals surface area contributed by atoms with Gasteiger partial charge in [0.25, 0.3) is 5.91 Å². The van der Waals surface area contributed by atoms with E-state index in [1.165, 1.54) is 13.3 Å². The Labute approximate surface area is 157 Å². The smallest absolute Gasteiger partial charge is 0.328 e. The molecule has 138 valence electrons. The number of esters is 1. The summed E-state index contributed by atoms with van der Waals surface area (Å²) in [5, 5.41) is 6.97. The maximum Gasteiger partial charge on any atom is 0.328 e. The maximum absolute atomic E-state index is 12.6. The summed E-state index contributed by atoms with van der Waals surface area (Å²) in [5.74, 6) is -0.843. The number of carbonyl (C=O) groups is 2. The fraction of sp³-hybridized carbons (Fsp3) is 0.190. The van der Waals surface area contributed by atoms with Gasteiger partial charge >= 0.3 is 5.97 Å². The van der Waals surface area contributed by atoms with Crippen LogP contribution in [0.15, 0.2) is 73.1 Å². The first-order valence-electron chi connectivity index (χ1n) is 8.64. The van der Waals surface area contributed by atoms with Crippen LogP contribution in [0.1, 0.15) is 21.5 Å². The third-order valence-electron chi connectivity index (χ3n) is 4.16.